The van der Waals surface area contributed by atoms with Crippen molar-refractivity contribution in [2.45, 2.75) is 0 Å². The minimum absolute atomic E-state index is 0.254. The minimum Gasteiger partial charge on any atom is -0.367 e. The molecule has 0 bridgehead atoms. The Balaban J connectivity index is 2.29. The second-order valence-electron chi connectivity index (χ2n) is 3.52. The third-order valence-electron chi connectivity index (χ3n) is 2.53. The predicted octanol–water partition coefficient (Wildman–Crippen LogP) is 1.11. The van der Waals surface area contributed by atoms with Crippen molar-refractivity contribution < 1.29 is 4.39 Å². The average Bonchev–Trinajstić information content (AvgIpc) is 2.31. The zero-order chi connectivity index (χ0) is 10.7. The third kappa shape index (κ3) is 2.08. The predicted molar refractivity (Wildman–Crippen MR) is 56.2 cm³/mol. The van der Waals surface area contributed by atoms with Gasteiger partial charge >= 0.3 is 0 Å². The molecule has 78 valence electrons. The van der Waals surface area contributed by atoms with E-state index in [2.05, 4.69) is 5.32 Å². The molecule has 0 amide bonds. The highest BCUT2D eigenvalue weighted by atomic mass is 19.1. The van der Waals surface area contributed by atoms with E-state index in [0.29, 0.717) is 11.3 Å². The monoisotopic (exact) mass is 205 g/mol. The molecule has 3 nitrogen and oxygen atoms in total. The lowest BCUT2D eigenvalue weighted by Gasteiger charge is -2.29. The molecule has 15 heavy (non-hydrogen) atoms. The summed E-state index contributed by atoms with van der Waals surface area (Å²) in [6, 6.07) is 6.49. The molecule has 0 aliphatic carbocycles. The van der Waals surface area contributed by atoms with Gasteiger partial charge in [-0.05, 0) is 18.2 Å². The maximum atomic E-state index is 13.5. The maximum Gasteiger partial charge on any atom is 0.146 e. The van der Waals surface area contributed by atoms with Crippen LogP contribution in [0.25, 0.3) is 0 Å². The van der Waals surface area contributed by atoms with E-state index in [1.165, 1.54) is 12.1 Å². The molecule has 1 aromatic rings. The van der Waals surface area contributed by atoms with Gasteiger partial charge in [0.05, 0.1) is 17.3 Å². The normalized spacial score (nSPS) is 16.1. The number of nitriles is 1. The van der Waals surface area contributed by atoms with Gasteiger partial charge in [-0.25, -0.2) is 4.39 Å². The fraction of sp³-hybridized carbons (Fsp3) is 0.364. The highest BCUT2D eigenvalue weighted by molar-refractivity contribution is 5.53. The zero-order valence-corrected chi connectivity index (χ0v) is 8.33. The summed E-state index contributed by atoms with van der Waals surface area (Å²) in [4.78, 5) is 1.96. The molecule has 0 aromatic heterocycles. The smallest absolute Gasteiger partial charge is 0.146 e. The SMILES string of the molecule is N#Cc1ccc(F)c(N2CCNCC2)c1. The van der Waals surface area contributed by atoms with Gasteiger partial charge < -0.3 is 10.2 Å². The Kier molecular flexibility index (Phi) is 2.84. The molecular weight excluding hydrogens is 193 g/mol. The van der Waals surface area contributed by atoms with Crippen LogP contribution in [0.4, 0.5) is 10.1 Å². The van der Waals surface area contributed by atoms with E-state index in [1.807, 2.05) is 11.0 Å². The molecule has 1 aliphatic heterocycles. The van der Waals surface area contributed by atoms with E-state index in [-0.39, 0.29) is 5.82 Å². The van der Waals surface area contributed by atoms with Gasteiger partial charge in [0.15, 0.2) is 0 Å². The number of hydrogen-bond donors (Lipinski definition) is 1. The number of halogens is 1. The molecule has 0 spiro atoms. The van der Waals surface area contributed by atoms with Gasteiger partial charge in [0, 0.05) is 26.2 Å². The van der Waals surface area contributed by atoms with E-state index in [0.717, 1.165) is 26.2 Å². The number of hydrogen-bond acceptors (Lipinski definition) is 3. The van der Waals surface area contributed by atoms with E-state index in [9.17, 15) is 4.39 Å². The van der Waals surface area contributed by atoms with Crippen molar-refractivity contribution in [2.24, 2.45) is 0 Å². The Labute approximate surface area is 88.1 Å². The molecule has 0 atom stereocenters. The largest absolute Gasteiger partial charge is 0.367 e. The Hall–Kier alpha value is -1.60. The van der Waals surface area contributed by atoms with Crippen molar-refractivity contribution in [1.82, 2.24) is 5.32 Å². The van der Waals surface area contributed by atoms with E-state index in [4.69, 9.17) is 5.26 Å². The number of anilines is 1. The fourth-order valence-corrected chi connectivity index (χ4v) is 1.73. The Bertz CT molecular complexity index is 391. The highest BCUT2D eigenvalue weighted by Crippen LogP contribution is 2.20. The first kappa shape index (κ1) is 9.94. The maximum absolute atomic E-state index is 13.5. The number of nitrogens with zero attached hydrogens (tertiary/aromatic N) is 2. The van der Waals surface area contributed by atoms with Crippen molar-refractivity contribution in [3.05, 3.63) is 29.6 Å². The van der Waals surface area contributed by atoms with Crippen molar-refractivity contribution in [2.75, 3.05) is 31.1 Å². The van der Waals surface area contributed by atoms with Crippen molar-refractivity contribution in [3.8, 4) is 6.07 Å². The molecular formula is C11H12FN3. The quantitative estimate of drug-likeness (QED) is 0.746. The molecule has 1 heterocycles. The number of nitrogens with one attached hydrogen (secondary N) is 1. The summed E-state index contributed by atoms with van der Waals surface area (Å²) in [5.41, 5.74) is 1.04. The zero-order valence-electron chi connectivity index (χ0n) is 8.33. The summed E-state index contributed by atoms with van der Waals surface area (Å²) in [6.45, 7) is 3.28. The summed E-state index contributed by atoms with van der Waals surface area (Å²) < 4.78 is 13.5. The van der Waals surface area contributed by atoms with Gasteiger partial charge in [0.2, 0.25) is 0 Å². The van der Waals surface area contributed by atoms with E-state index in [1.54, 1.807) is 6.07 Å². The lowest BCUT2D eigenvalue weighted by molar-refractivity contribution is 0.566. The molecule has 1 aliphatic rings. The molecule has 0 radical (unpaired) electrons. The van der Waals surface area contributed by atoms with Crippen LogP contribution in [0.1, 0.15) is 5.56 Å². The first-order valence-corrected chi connectivity index (χ1v) is 4.96. The van der Waals surface area contributed by atoms with Crippen LogP contribution in [-0.2, 0) is 0 Å². The fourth-order valence-electron chi connectivity index (χ4n) is 1.73. The average molecular weight is 205 g/mol. The molecule has 2 rings (SSSR count). The van der Waals surface area contributed by atoms with Gasteiger partial charge in [-0.15, -0.1) is 0 Å². The molecule has 1 N–H and O–H groups in total. The van der Waals surface area contributed by atoms with Gasteiger partial charge in [-0.3, -0.25) is 0 Å². The Morgan fingerprint density at radius 2 is 2.07 bits per heavy atom. The van der Waals surface area contributed by atoms with Gasteiger partial charge in [-0.2, -0.15) is 5.26 Å². The highest BCUT2D eigenvalue weighted by Gasteiger charge is 2.14. The number of rotatable bonds is 1. The molecule has 0 unspecified atom stereocenters. The molecule has 0 saturated carbocycles. The van der Waals surface area contributed by atoms with Gasteiger partial charge in [0.1, 0.15) is 5.82 Å². The Morgan fingerprint density at radius 1 is 1.33 bits per heavy atom. The standard InChI is InChI=1S/C11H12FN3/c12-10-2-1-9(8-13)7-11(10)15-5-3-14-4-6-15/h1-2,7,14H,3-6H2. The summed E-state index contributed by atoms with van der Waals surface area (Å²) in [5.74, 6) is -0.254. The first-order valence-electron chi connectivity index (χ1n) is 4.96. The number of benzene rings is 1. The van der Waals surface area contributed by atoms with Crippen LogP contribution in [-0.4, -0.2) is 26.2 Å². The second-order valence-corrected chi connectivity index (χ2v) is 3.52. The summed E-state index contributed by atoms with van der Waals surface area (Å²) in [7, 11) is 0. The lowest BCUT2D eigenvalue weighted by Crippen LogP contribution is -2.43. The summed E-state index contributed by atoms with van der Waals surface area (Å²) in [6.07, 6.45) is 0. The van der Waals surface area contributed by atoms with Crippen LogP contribution in [0.2, 0.25) is 0 Å². The third-order valence-corrected chi connectivity index (χ3v) is 2.53. The van der Waals surface area contributed by atoms with Crippen LogP contribution in [0.5, 0.6) is 0 Å². The van der Waals surface area contributed by atoms with Crippen molar-refractivity contribution in [1.29, 1.82) is 5.26 Å². The van der Waals surface area contributed by atoms with Crippen LogP contribution in [0.15, 0.2) is 18.2 Å². The van der Waals surface area contributed by atoms with Gasteiger partial charge in [0.25, 0.3) is 0 Å². The van der Waals surface area contributed by atoms with Crippen LogP contribution < -0.4 is 10.2 Å². The minimum atomic E-state index is -0.254. The van der Waals surface area contributed by atoms with Crippen molar-refractivity contribution in [3.63, 3.8) is 0 Å². The molecule has 1 saturated heterocycles. The summed E-state index contributed by atoms with van der Waals surface area (Å²) in [5, 5.41) is 12.0. The summed E-state index contributed by atoms with van der Waals surface area (Å²) >= 11 is 0. The van der Waals surface area contributed by atoms with Crippen LogP contribution in [0.3, 0.4) is 0 Å². The van der Waals surface area contributed by atoms with E-state index < -0.39 is 0 Å². The van der Waals surface area contributed by atoms with Crippen LogP contribution in [0, 0.1) is 17.1 Å². The van der Waals surface area contributed by atoms with E-state index >= 15 is 0 Å². The molecule has 1 aromatic carbocycles. The molecule has 4 heteroatoms. The van der Waals surface area contributed by atoms with Crippen molar-refractivity contribution >= 4 is 5.69 Å². The Morgan fingerprint density at radius 3 is 2.73 bits per heavy atom. The first-order chi connectivity index (χ1) is 7.31. The topological polar surface area (TPSA) is 39.1 Å². The second kappa shape index (κ2) is 4.28. The molecule has 1 fully saturated rings. The van der Waals surface area contributed by atoms with Crippen LogP contribution >= 0.6 is 0 Å². The number of piperazine rings is 1. The van der Waals surface area contributed by atoms with Gasteiger partial charge in [-0.1, -0.05) is 0 Å². The lowest BCUT2D eigenvalue weighted by atomic mass is 10.2.